The summed E-state index contributed by atoms with van der Waals surface area (Å²) in [5.41, 5.74) is 4.84. The number of hydrogen-bond acceptors (Lipinski definition) is 3. The van der Waals surface area contributed by atoms with Crippen LogP contribution >= 0.6 is 0 Å². The van der Waals surface area contributed by atoms with E-state index in [0.717, 1.165) is 11.1 Å². The molecule has 0 aliphatic rings. The average Bonchev–Trinajstić information content (AvgIpc) is 2.50. The van der Waals surface area contributed by atoms with Gasteiger partial charge in [0.1, 0.15) is 6.42 Å². The lowest BCUT2D eigenvalue weighted by molar-refractivity contribution is -0.126. The molecule has 5 nitrogen and oxygen atoms in total. The number of carbonyl (C=O) groups excluding carboxylic acids is 2. The molecule has 2 rings (SSSR count). The minimum absolute atomic E-state index is 0.277. The smallest absolute Gasteiger partial charge is 0.249 e. The van der Waals surface area contributed by atoms with Crippen molar-refractivity contribution in [2.24, 2.45) is 5.10 Å². The molecular weight excluding hydrogens is 278 g/mol. The molecule has 2 aromatic carbocycles. The summed E-state index contributed by atoms with van der Waals surface area (Å²) in [6.07, 6.45) is 1.25. The summed E-state index contributed by atoms with van der Waals surface area (Å²) in [7, 11) is 0. The largest absolute Gasteiger partial charge is 0.325 e. The van der Waals surface area contributed by atoms with E-state index in [9.17, 15) is 9.59 Å². The first-order valence-electron chi connectivity index (χ1n) is 6.87. The molecule has 0 fully saturated rings. The Kier molecular flexibility index (Phi) is 5.43. The number of amides is 2. The van der Waals surface area contributed by atoms with E-state index in [2.05, 4.69) is 15.8 Å². The van der Waals surface area contributed by atoms with Crippen molar-refractivity contribution in [1.29, 1.82) is 0 Å². The topological polar surface area (TPSA) is 70.6 Å². The van der Waals surface area contributed by atoms with Gasteiger partial charge in [-0.3, -0.25) is 9.59 Å². The van der Waals surface area contributed by atoms with Crippen LogP contribution in [0.5, 0.6) is 0 Å². The second-order valence-electron chi connectivity index (χ2n) is 4.74. The Morgan fingerprint density at radius 3 is 2.41 bits per heavy atom. The van der Waals surface area contributed by atoms with E-state index in [0.29, 0.717) is 5.69 Å². The Morgan fingerprint density at radius 2 is 1.68 bits per heavy atom. The van der Waals surface area contributed by atoms with E-state index in [1.54, 1.807) is 6.07 Å². The van der Waals surface area contributed by atoms with Crippen LogP contribution in [0.25, 0.3) is 0 Å². The molecule has 2 N–H and O–H groups in total. The molecule has 0 aromatic heterocycles. The van der Waals surface area contributed by atoms with Crippen LogP contribution in [-0.4, -0.2) is 18.0 Å². The third kappa shape index (κ3) is 4.86. The average molecular weight is 295 g/mol. The van der Waals surface area contributed by atoms with Crippen molar-refractivity contribution >= 4 is 23.7 Å². The van der Waals surface area contributed by atoms with Crippen LogP contribution in [0.1, 0.15) is 17.5 Å². The van der Waals surface area contributed by atoms with E-state index in [1.807, 2.05) is 55.5 Å². The Morgan fingerprint density at radius 1 is 1.00 bits per heavy atom. The van der Waals surface area contributed by atoms with E-state index in [1.165, 1.54) is 6.21 Å². The number of carbonyl (C=O) groups is 2. The van der Waals surface area contributed by atoms with Crippen LogP contribution in [-0.2, 0) is 9.59 Å². The Labute approximate surface area is 129 Å². The van der Waals surface area contributed by atoms with Gasteiger partial charge in [0, 0.05) is 5.69 Å². The minimum Gasteiger partial charge on any atom is -0.325 e. The highest BCUT2D eigenvalue weighted by Gasteiger charge is 2.09. The van der Waals surface area contributed by atoms with E-state index < -0.39 is 5.91 Å². The number of nitrogens with zero attached hydrogens (tertiary/aromatic N) is 1. The SMILES string of the molecule is Cc1ccccc1NC(=O)CC(=O)NN=Cc1ccccc1. The van der Waals surface area contributed by atoms with E-state index in [4.69, 9.17) is 0 Å². The lowest BCUT2D eigenvalue weighted by Crippen LogP contribution is -2.24. The van der Waals surface area contributed by atoms with Crippen LogP contribution in [0.3, 0.4) is 0 Å². The molecule has 0 radical (unpaired) electrons. The van der Waals surface area contributed by atoms with Crippen LogP contribution in [0.15, 0.2) is 59.7 Å². The standard InChI is InChI=1S/C17H17N3O2/c1-13-7-5-6-10-15(13)19-16(21)11-17(22)20-18-12-14-8-3-2-4-9-14/h2-10,12H,11H2,1H3,(H,19,21)(H,20,22). The quantitative estimate of drug-likeness (QED) is 0.505. The van der Waals surface area contributed by atoms with E-state index in [-0.39, 0.29) is 12.3 Å². The molecule has 5 heteroatoms. The molecule has 0 saturated heterocycles. The highest BCUT2D eigenvalue weighted by Crippen LogP contribution is 2.13. The van der Waals surface area contributed by atoms with Gasteiger partial charge in [-0.05, 0) is 24.1 Å². The first-order valence-corrected chi connectivity index (χ1v) is 6.87. The van der Waals surface area contributed by atoms with Crippen molar-refractivity contribution in [3.63, 3.8) is 0 Å². The van der Waals surface area contributed by atoms with Gasteiger partial charge in [0.2, 0.25) is 11.8 Å². The number of benzene rings is 2. The number of rotatable bonds is 5. The maximum atomic E-state index is 11.8. The third-order valence-electron chi connectivity index (χ3n) is 2.94. The zero-order chi connectivity index (χ0) is 15.8. The molecular formula is C17H17N3O2. The summed E-state index contributed by atoms with van der Waals surface area (Å²) in [6, 6.07) is 16.8. The molecule has 2 amide bonds. The normalized spacial score (nSPS) is 10.4. The molecule has 22 heavy (non-hydrogen) atoms. The maximum Gasteiger partial charge on any atom is 0.249 e. The van der Waals surface area contributed by atoms with Crippen LogP contribution in [0.2, 0.25) is 0 Å². The first-order chi connectivity index (χ1) is 10.6. The van der Waals surface area contributed by atoms with Crippen molar-refractivity contribution in [1.82, 2.24) is 5.43 Å². The second kappa shape index (κ2) is 7.73. The fourth-order valence-electron chi connectivity index (χ4n) is 1.81. The molecule has 0 saturated carbocycles. The summed E-state index contributed by atoms with van der Waals surface area (Å²) in [5, 5.41) is 6.51. The number of hydrazone groups is 1. The van der Waals surface area contributed by atoms with Crippen molar-refractivity contribution in [2.75, 3.05) is 5.32 Å². The van der Waals surface area contributed by atoms with Crippen molar-refractivity contribution in [3.8, 4) is 0 Å². The zero-order valence-corrected chi connectivity index (χ0v) is 12.2. The number of anilines is 1. The molecule has 0 heterocycles. The predicted octanol–water partition coefficient (Wildman–Crippen LogP) is 2.47. The molecule has 0 unspecified atom stereocenters. The van der Waals surface area contributed by atoms with Gasteiger partial charge in [-0.2, -0.15) is 5.10 Å². The predicted molar refractivity (Wildman–Crippen MR) is 86.6 cm³/mol. The van der Waals surface area contributed by atoms with Crippen LogP contribution in [0, 0.1) is 6.92 Å². The summed E-state index contributed by atoms with van der Waals surface area (Å²) in [5.74, 6) is -0.833. The molecule has 0 atom stereocenters. The fraction of sp³-hybridized carbons (Fsp3) is 0.118. The fourth-order valence-corrected chi connectivity index (χ4v) is 1.81. The molecule has 2 aromatic rings. The second-order valence-corrected chi connectivity index (χ2v) is 4.74. The Balaban J connectivity index is 1.81. The first kappa shape index (κ1) is 15.4. The molecule has 0 aliphatic heterocycles. The van der Waals surface area contributed by atoms with Gasteiger partial charge in [-0.15, -0.1) is 0 Å². The Hall–Kier alpha value is -2.95. The summed E-state index contributed by atoms with van der Waals surface area (Å²) in [4.78, 5) is 23.4. The summed E-state index contributed by atoms with van der Waals surface area (Å²) >= 11 is 0. The number of nitrogens with one attached hydrogen (secondary N) is 2. The Bertz CT molecular complexity index is 681. The number of aryl methyl sites for hydroxylation is 1. The number of hydrogen-bond donors (Lipinski definition) is 2. The van der Waals surface area contributed by atoms with Gasteiger partial charge in [0.15, 0.2) is 0 Å². The third-order valence-corrected chi connectivity index (χ3v) is 2.94. The van der Waals surface area contributed by atoms with Gasteiger partial charge in [0.05, 0.1) is 6.21 Å². The van der Waals surface area contributed by atoms with Crippen molar-refractivity contribution < 1.29 is 9.59 Å². The molecule has 0 spiro atoms. The van der Waals surface area contributed by atoms with E-state index >= 15 is 0 Å². The lowest BCUT2D eigenvalue weighted by Gasteiger charge is -2.07. The summed E-state index contributed by atoms with van der Waals surface area (Å²) < 4.78 is 0. The van der Waals surface area contributed by atoms with Gasteiger partial charge < -0.3 is 5.32 Å². The zero-order valence-electron chi connectivity index (χ0n) is 12.2. The van der Waals surface area contributed by atoms with Gasteiger partial charge in [-0.1, -0.05) is 48.5 Å². The van der Waals surface area contributed by atoms with Gasteiger partial charge in [0.25, 0.3) is 0 Å². The number of para-hydroxylation sites is 1. The highest BCUT2D eigenvalue weighted by atomic mass is 16.2. The summed E-state index contributed by atoms with van der Waals surface area (Å²) in [6.45, 7) is 1.89. The monoisotopic (exact) mass is 295 g/mol. The molecule has 112 valence electrons. The van der Waals surface area contributed by atoms with Crippen LogP contribution < -0.4 is 10.7 Å². The molecule has 0 bridgehead atoms. The van der Waals surface area contributed by atoms with Gasteiger partial charge in [-0.25, -0.2) is 5.43 Å². The maximum absolute atomic E-state index is 11.8. The minimum atomic E-state index is -0.460. The molecule has 0 aliphatic carbocycles. The van der Waals surface area contributed by atoms with Crippen LogP contribution in [0.4, 0.5) is 5.69 Å². The van der Waals surface area contributed by atoms with Crippen molar-refractivity contribution in [3.05, 3.63) is 65.7 Å². The van der Waals surface area contributed by atoms with Crippen molar-refractivity contribution in [2.45, 2.75) is 13.3 Å². The highest BCUT2D eigenvalue weighted by molar-refractivity contribution is 6.03. The van der Waals surface area contributed by atoms with Gasteiger partial charge >= 0.3 is 0 Å². The lowest BCUT2D eigenvalue weighted by atomic mass is 10.2.